The number of piperidine rings is 3. The number of amides is 2. The molecule has 3 saturated heterocycles. The molecule has 7 heteroatoms. The Hall–Kier alpha value is -1.99. The number of hydrogen-bond donors (Lipinski definition) is 1. The van der Waals surface area contributed by atoms with Crippen molar-refractivity contribution < 1.29 is 9.59 Å². The zero-order chi connectivity index (χ0) is 20.4. The average Bonchev–Trinajstić information content (AvgIpc) is 2.68. The average molecular weight is 400 g/mol. The molecule has 1 N–H and O–H groups in total. The highest BCUT2D eigenvalue weighted by atomic mass is 16.2. The second-order valence-electron chi connectivity index (χ2n) is 9.18. The van der Waals surface area contributed by atoms with Crippen LogP contribution in [0.4, 0.5) is 0 Å². The van der Waals surface area contributed by atoms with Gasteiger partial charge in [0.25, 0.3) is 0 Å². The number of carbonyl (C=O) groups is 2. The number of likely N-dealkylation sites (N-methyl/N-ethyl adjacent to an activating group) is 1. The molecule has 0 saturated carbocycles. The number of carbonyl (C=O) groups excluding carboxylic acids is 2. The molecule has 1 aromatic rings. The molecule has 3 fully saturated rings. The van der Waals surface area contributed by atoms with Gasteiger partial charge in [0.2, 0.25) is 11.8 Å². The van der Waals surface area contributed by atoms with Crippen LogP contribution in [0, 0.1) is 11.8 Å². The fraction of sp³-hybridized carbons (Fsp3) is 0.682. The second kappa shape index (κ2) is 8.79. The van der Waals surface area contributed by atoms with E-state index in [2.05, 4.69) is 32.2 Å². The van der Waals surface area contributed by atoms with Crippen molar-refractivity contribution in [3.8, 4) is 0 Å². The van der Waals surface area contributed by atoms with Gasteiger partial charge in [-0.25, -0.2) is 0 Å². The third-order valence-corrected chi connectivity index (χ3v) is 6.70. The summed E-state index contributed by atoms with van der Waals surface area (Å²) in [6, 6.07) is 4.60. The van der Waals surface area contributed by atoms with Crippen LogP contribution in [0.5, 0.6) is 0 Å². The van der Waals surface area contributed by atoms with Gasteiger partial charge in [0, 0.05) is 51.0 Å². The topological polar surface area (TPSA) is 68.8 Å². The predicted octanol–water partition coefficient (Wildman–Crippen LogP) is 0.961. The maximum atomic E-state index is 12.8. The first-order valence-electron chi connectivity index (χ1n) is 10.8. The van der Waals surface area contributed by atoms with Crippen molar-refractivity contribution in [1.29, 1.82) is 0 Å². The van der Waals surface area contributed by atoms with Crippen molar-refractivity contribution >= 4 is 11.8 Å². The fourth-order valence-corrected chi connectivity index (χ4v) is 5.57. The van der Waals surface area contributed by atoms with Crippen molar-refractivity contribution in [2.45, 2.75) is 44.3 Å². The number of fused-ring (bicyclic) bond motifs is 4. The van der Waals surface area contributed by atoms with Gasteiger partial charge in [-0.15, -0.1) is 0 Å². The molecular weight excluding hydrogens is 366 g/mol. The highest BCUT2D eigenvalue weighted by Crippen LogP contribution is 2.41. The maximum Gasteiger partial charge on any atom is 0.234 e. The van der Waals surface area contributed by atoms with E-state index in [1.165, 1.54) is 5.56 Å². The van der Waals surface area contributed by atoms with Gasteiger partial charge in [0.05, 0.1) is 12.6 Å². The van der Waals surface area contributed by atoms with Crippen molar-refractivity contribution in [1.82, 2.24) is 25.0 Å². The lowest BCUT2D eigenvalue weighted by atomic mass is 9.72. The summed E-state index contributed by atoms with van der Waals surface area (Å²) in [4.78, 5) is 35.8. The molecule has 29 heavy (non-hydrogen) atoms. The quantitative estimate of drug-likeness (QED) is 0.772. The number of nitrogens with one attached hydrogen (secondary N) is 1. The van der Waals surface area contributed by atoms with E-state index in [9.17, 15) is 9.59 Å². The molecule has 4 atom stereocenters. The minimum absolute atomic E-state index is 0.0302. The van der Waals surface area contributed by atoms with Crippen LogP contribution in [0.3, 0.4) is 0 Å². The van der Waals surface area contributed by atoms with Crippen LogP contribution in [0.25, 0.3) is 0 Å². The van der Waals surface area contributed by atoms with Crippen molar-refractivity contribution in [3.05, 3.63) is 30.1 Å². The summed E-state index contributed by atoms with van der Waals surface area (Å²) in [7, 11) is 3.79. The Balaban J connectivity index is 1.49. The summed E-state index contributed by atoms with van der Waals surface area (Å²) in [5.74, 6) is 1.26. The van der Waals surface area contributed by atoms with E-state index in [0.29, 0.717) is 37.4 Å². The Labute approximate surface area is 173 Å². The Morgan fingerprint density at radius 1 is 1.24 bits per heavy atom. The largest absolute Gasteiger partial charge is 0.353 e. The summed E-state index contributed by atoms with van der Waals surface area (Å²) in [5.41, 5.74) is 1.28. The van der Waals surface area contributed by atoms with Crippen LogP contribution < -0.4 is 5.32 Å². The minimum Gasteiger partial charge on any atom is -0.353 e. The summed E-state index contributed by atoms with van der Waals surface area (Å²) >= 11 is 0. The smallest absolute Gasteiger partial charge is 0.234 e. The normalized spacial score (nSPS) is 29.6. The van der Waals surface area contributed by atoms with Crippen molar-refractivity contribution in [2.75, 3.05) is 40.3 Å². The molecule has 2 bridgehead atoms. The molecule has 0 radical (unpaired) electrons. The Morgan fingerprint density at radius 3 is 2.76 bits per heavy atom. The van der Waals surface area contributed by atoms with Gasteiger partial charge in [-0.2, -0.15) is 0 Å². The zero-order valence-corrected chi connectivity index (χ0v) is 17.6. The van der Waals surface area contributed by atoms with E-state index in [4.69, 9.17) is 0 Å². The third kappa shape index (κ3) is 4.61. The molecule has 2 amide bonds. The van der Waals surface area contributed by atoms with Crippen molar-refractivity contribution in [3.63, 3.8) is 0 Å². The molecule has 3 aliphatic heterocycles. The standard InChI is InChI=1S/C22H33N5O2/c1-25(2)15-21(28)24-11-20-18-10-17(19-4-3-5-22(29)27(19)20)13-26(14-18)12-16-6-8-23-9-7-16/h6-9,17-20H,3-5,10-15H2,1-2H3,(H,24,28)/t17-,18+,19+,20+/m1/s1. The molecular formula is C22H33N5O2. The summed E-state index contributed by atoms with van der Waals surface area (Å²) in [5, 5.41) is 3.10. The fourth-order valence-electron chi connectivity index (χ4n) is 5.57. The number of hydrogen-bond acceptors (Lipinski definition) is 5. The molecule has 0 spiro atoms. The van der Waals surface area contributed by atoms with Gasteiger partial charge in [-0.3, -0.25) is 19.5 Å². The van der Waals surface area contributed by atoms with Crippen LogP contribution in [-0.4, -0.2) is 83.9 Å². The van der Waals surface area contributed by atoms with Gasteiger partial charge in [-0.1, -0.05) is 0 Å². The molecule has 0 aliphatic carbocycles. The van der Waals surface area contributed by atoms with Crippen molar-refractivity contribution in [2.24, 2.45) is 11.8 Å². The molecule has 158 valence electrons. The first-order chi connectivity index (χ1) is 14.0. The Morgan fingerprint density at radius 2 is 2.00 bits per heavy atom. The van der Waals surface area contributed by atoms with Gasteiger partial charge >= 0.3 is 0 Å². The maximum absolute atomic E-state index is 12.8. The molecule has 7 nitrogen and oxygen atoms in total. The van der Waals surface area contributed by atoms with Gasteiger partial charge in [0.15, 0.2) is 0 Å². The van der Waals surface area contributed by atoms with Crippen LogP contribution in [-0.2, 0) is 16.1 Å². The van der Waals surface area contributed by atoms with E-state index >= 15 is 0 Å². The Bertz CT molecular complexity index is 725. The van der Waals surface area contributed by atoms with Gasteiger partial charge in [0.1, 0.15) is 0 Å². The minimum atomic E-state index is 0.0302. The lowest BCUT2D eigenvalue weighted by molar-refractivity contribution is -0.153. The number of aromatic nitrogens is 1. The molecule has 3 aliphatic rings. The van der Waals surface area contributed by atoms with Crippen LogP contribution in [0.2, 0.25) is 0 Å². The van der Waals surface area contributed by atoms with Crippen LogP contribution in [0.1, 0.15) is 31.2 Å². The van der Waals surface area contributed by atoms with E-state index in [1.54, 1.807) is 0 Å². The van der Waals surface area contributed by atoms with Crippen LogP contribution in [0.15, 0.2) is 24.5 Å². The molecule has 0 aromatic carbocycles. The number of nitrogens with zero attached hydrogens (tertiary/aromatic N) is 4. The molecule has 0 unspecified atom stereocenters. The van der Waals surface area contributed by atoms with E-state index in [-0.39, 0.29) is 17.9 Å². The van der Waals surface area contributed by atoms with E-state index in [0.717, 1.165) is 38.9 Å². The second-order valence-corrected chi connectivity index (χ2v) is 9.18. The third-order valence-electron chi connectivity index (χ3n) is 6.70. The first-order valence-corrected chi connectivity index (χ1v) is 10.8. The highest BCUT2D eigenvalue weighted by molar-refractivity contribution is 5.79. The SMILES string of the molecule is CN(C)CC(=O)NC[C@H]1[C@H]2C[C@H](CN(Cc3ccncc3)C2)[C@@H]2CCCC(=O)N21. The van der Waals surface area contributed by atoms with Crippen LogP contribution >= 0.6 is 0 Å². The van der Waals surface area contributed by atoms with Gasteiger partial charge < -0.3 is 15.1 Å². The number of likely N-dealkylation sites (tertiary alicyclic amines) is 1. The number of pyridine rings is 1. The first kappa shape index (κ1) is 20.3. The molecule has 4 heterocycles. The number of rotatable bonds is 6. The Kier molecular flexibility index (Phi) is 6.15. The molecule has 4 rings (SSSR count). The lowest BCUT2D eigenvalue weighted by Crippen LogP contribution is -2.67. The van der Waals surface area contributed by atoms with Gasteiger partial charge in [-0.05, 0) is 62.9 Å². The highest BCUT2D eigenvalue weighted by Gasteiger charge is 2.49. The lowest BCUT2D eigenvalue weighted by Gasteiger charge is -2.56. The van der Waals surface area contributed by atoms with E-state index in [1.807, 2.05) is 31.4 Å². The summed E-state index contributed by atoms with van der Waals surface area (Å²) in [6.07, 6.45) is 7.60. The summed E-state index contributed by atoms with van der Waals surface area (Å²) < 4.78 is 0. The summed E-state index contributed by atoms with van der Waals surface area (Å²) in [6.45, 7) is 3.90. The zero-order valence-electron chi connectivity index (χ0n) is 17.6. The van der Waals surface area contributed by atoms with E-state index < -0.39 is 0 Å². The monoisotopic (exact) mass is 399 g/mol. The molecule has 1 aromatic heterocycles. The predicted molar refractivity (Wildman–Crippen MR) is 111 cm³/mol.